The van der Waals surface area contributed by atoms with Gasteiger partial charge in [0.25, 0.3) is 5.56 Å². The van der Waals surface area contributed by atoms with E-state index in [1.807, 2.05) is 12.1 Å². The summed E-state index contributed by atoms with van der Waals surface area (Å²) in [6, 6.07) is 11.8. The van der Waals surface area contributed by atoms with E-state index < -0.39 is 4.92 Å². The Morgan fingerprint density at radius 2 is 2.06 bits per heavy atom. The fraction of sp³-hybridized carbons (Fsp3) is 0.304. The molecule has 0 aliphatic heterocycles. The van der Waals surface area contributed by atoms with Gasteiger partial charge in [0.2, 0.25) is 5.75 Å². The summed E-state index contributed by atoms with van der Waals surface area (Å²) in [4.78, 5) is 29.0. The highest BCUT2D eigenvalue weighted by Crippen LogP contribution is 2.36. The highest BCUT2D eigenvalue weighted by molar-refractivity contribution is 9.10. The summed E-state index contributed by atoms with van der Waals surface area (Å²) in [5.41, 5.74) is 0.442. The minimum atomic E-state index is -0.591. The molecule has 33 heavy (non-hydrogen) atoms. The summed E-state index contributed by atoms with van der Waals surface area (Å²) in [6.45, 7) is -0.324. The van der Waals surface area contributed by atoms with E-state index in [0.717, 1.165) is 32.1 Å². The van der Waals surface area contributed by atoms with E-state index in [9.17, 15) is 14.9 Å². The number of para-hydroxylation sites is 1. The number of benzene rings is 2. The smallest absolute Gasteiger partial charge is 0.312 e. The third kappa shape index (κ3) is 4.78. The number of aromatic nitrogens is 2. The maximum absolute atomic E-state index is 13.3. The van der Waals surface area contributed by atoms with Crippen molar-refractivity contribution in [1.82, 2.24) is 9.66 Å². The Hall–Kier alpha value is -3.58. The first-order valence-electron chi connectivity index (χ1n) is 10.5. The second-order valence-corrected chi connectivity index (χ2v) is 8.59. The molecule has 0 amide bonds. The molecule has 1 saturated carbocycles. The molecule has 0 radical (unpaired) electrons. The van der Waals surface area contributed by atoms with Gasteiger partial charge in [-0.25, -0.2) is 4.98 Å². The molecule has 0 N–H and O–H groups in total. The van der Waals surface area contributed by atoms with Crippen LogP contribution in [0.15, 0.2) is 50.8 Å². The summed E-state index contributed by atoms with van der Waals surface area (Å²) < 4.78 is 6.83. The minimum absolute atomic E-state index is 0.0360. The number of nitro benzene ring substituents is 1. The first-order chi connectivity index (χ1) is 16.0. The zero-order valence-corrected chi connectivity index (χ0v) is 19.2. The van der Waals surface area contributed by atoms with Gasteiger partial charge in [-0.2, -0.15) is 15.0 Å². The van der Waals surface area contributed by atoms with Crippen molar-refractivity contribution in [2.24, 2.45) is 5.10 Å². The summed E-state index contributed by atoms with van der Waals surface area (Å²) in [6.07, 6.45) is 6.57. The van der Waals surface area contributed by atoms with Crippen molar-refractivity contribution < 1.29 is 9.66 Å². The maximum Gasteiger partial charge on any atom is 0.312 e. The number of hydrogen-bond donors (Lipinski definition) is 0. The lowest BCUT2D eigenvalue weighted by Gasteiger charge is -2.22. The molecular formula is C23H20BrN5O4. The highest BCUT2D eigenvalue weighted by Gasteiger charge is 2.23. The molecule has 2 aromatic carbocycles. The second kappa shape index (κ2) is 9.92. The first kappa shape index (κ1) is 22.6. The van der Waals surface area contributed by atoms with Gasteiger partial charge in [0, 0.05) is 17.5 Å². The predicted octanol–water partition coefficient (Wildman–Crippen LogP) is 4.90. The van der Waals surface area contributed by atoms with Gasteiger partial charge in [-0.05, 0) is 47.0 Å². The molecule has 9 nitrogen and oxygen atoms in total. The zero-order valence-electron chi connectivity index (χ0n) is 17.6. The lowest BCUT2D eigenvalue weighted by molar-refractivity contribution is -0.385. The molecule has 0 unspecified atom stereocenters. The molecular weight excluding hydrogens is 490 g/mol. The number of halogens is 1. The number of nitrogens with zero attached hydrogens (tertiary/aromatic N) is 5. The number of ether oxygens (including phenoxy) is 1. The van der Waals surface area contributed by atoms with Gasteiger partial charge in [-0.3, -0.25) is 14.9 Å². The van der Waals surface area contributed by atoms with Gasteiger partial charge in [0.15, 0.2) is 6.61 Å². The van der Waals surface area contributed by atoms with Crippen LogP contribution in [-0.4, -0.2) is 27.4 Å². The van der Waals surface area contributed by atoms with Gasteiger partial charge in [0.1, 0.15) is 11.9 Å². The first-order valence-corrected chi connectivity index (χ1v) is 11.3. The topological polar surface area (TPSA) is 123 Å². The van der Waals surface area contributed by atoms with Gasteiger partial charge in [0.05, 0.1) is 26.5 Å². The van der Waals surface area contributed by atoms with E-state index in [1.54, 1.807) is 24.3 Å². The Balaban J connectivity index is 1.81. The Morgan fingerprint density at radius 3 is 2.79 bits per heavy atom. The predicted molar refractivity (Wildman–Crippen MR) is 127 cm³/mol. The van der Waals surface area contributed by atoms with Crippen LogP contribution in [0.5, 0.6) is 5.75 Å². The maximum atomic E-state index is 13.3. The van der Waals surface area contributed by atoms with E-state index in [4.69, 9.17) is 15.0 Å². The number of nitro groups is 1. The molecule has 3 aromatic rings. The molecule has 10 heteroatoms. The average Bonchev–Trinajstić information content (AvgIpc) is 2.83. The molecule has 1 heterocycles. The minimum Gasteiger partial charge on any atom is -0.471 e. The van der Waals surface area contributed by atoms with Gasteiger partial charge >= 0.3 is 5.69 Å². The van der Waals surface area contributed by atoms with Crippen LogP contribution in [0.25, 0.3) is 10.9 Å². The van der Waals surface area contributed by atoms with Crippen molar-refractivity contribution in [3.8, 4) is 11.8 Å². The van der Waals surface area contributed by atoms with Crippen LogP contribution >= 0.6 is 15.9 Å². The van der Waals surface area contributed by atoms with E-state index in [-0.39, 0.29) is 29.5 Å². The van der Waals surface area contributed by atoms with Crippen LogP contribution in [0.4, 0.5) is 5.69 Å². The second-order valence-electron chi connectivity index (χ2n) is 7.74. The Morgan fingerprint density at radius 1 is 1.30 bits per heavy atom. The molecule has 0 bridgehead atoms. The van der Waals surface area contributed by atoms with Crippen LogP contribution in [0, 0.1) is 21.4 Å². The fourth-order valence-corrected chi connectivity index (χ4v) is 4.64. The molecule has 1 fully saturated rings. The lowest BCUT2D eigenvalue weighted by atomic mass is 9.88. The van der Waals surface area contributed by atoms with Gasteiger partial charge in [-0.15, -0.1) is 0 Å². The molecule has 1 aromatic heterocycles. The van der Waals surface area contributed by atoms with Crippen LogP contribution in [-0.2, 0) is 0 Å². The van der Waals surface area contributed by atoms with E-state index in [1.165, 1.54) is 17.0 Å². The molecule has 0 atom stereocenters. The molecule has 0 spiro atoms. The summed E-state index contributed by atoms with van der Waals surface area (Å²) in [5, 5.41) is 25.1. The van der Waals surface area contributed by atoms with Crippen LogP contribution in [0.3, 0.4) is 0 Å². The van der Waals surface area contributed by atoms with E-state index in [2.05, 4.69) is 21.0 Å². The zero-order chi connectivity index (χ0) is 23.4. The highest BCUT2D eigenvalue weighted by atomic mass is 79.9. The van der Waals surface area contributed by atoms with Crippen molar-refractivity contribution in [3.63, 3.8) is 0 Å². The van der Waals surface area contributed by atoms with Crippen molar-refractivity contribution in [3.05, 3.63) is 72.7 Å². The monoisotopic (exact) mass is 509 g/mol. The average molecular weight is 510 g/mol. The standard InChI is InChI=1S/C23H20BrN5O4/c24-18-12-15(13-20(29(31)32)21(18)33-11-10-25)14-26-28-22(16-6-2-1-3-7-16)27-19-9-5-4-8-17(19)23(28)30/h4-5,8-9,12-14,16H,1-3,6-7,11H2. The van der Waals surface area contributed by atoms with E-state index in [0.29, 0.717) is 26.8 Å². The Labute approximate surface area is 197 Å². The summed E-state index contributed by atoms with van der Waals surface area (Å²) in [7, 11) is 0. The Bertz CT molecular complexity index is 1340. The van der Waals surface area contributed by atoms with Crippen LogP contribution < -0.4 is 10.3 Å². The molecule has 0 saturated heterocycles. The SMILES string of the molecule is N#CCOc1c(Br)cc(C=Nn2c(C3CCCCC3)nc3ccccc3c2=O)cc1[N+](=O)[O-]. The lowest BCUT2D eigenvalue weighted by Crippen LogP contribution is -2.25. The summed E-state index contributed by atoms with van der Waals surface area (Å²) >= 11 is 3.27. The third-order valence-electron chi connectivity index (χ3n) is 5.60. The normalized spacial score (nSPS) is 14.4. The molecule has 1 aliphatic carbocycles. The third-order valence-corrected chi connectivity index (χ3v) is 6.18. The largest absolute Gasteiger partial charge is 0.471 e. The summed E-state index contributed by atoms with van der Waals surface area (Å²) in [5.74, 6) is 0.694. The molecule has 168 valence electrons. The fourth-order valence-electron chi connectivity index (χ4n) is 4.06. The van der Waals surface area contributed by atoms with Crippen LogP contribution in [0.2, 0.25) is 0 Å². The van der Waals surface area contributed by atoms with E-state index >= 15 is 0 Å². The number of nitriles is 1. The number of fused-ring (bicyclic) bond motifs is 1. The molecule has 4 rings (SSSR count). The number of rotatable bonds is 6. The number of hydrogen-bond acceptors (Lipinski definition) is 7. The Kier molecular flexibility index (Phi) is 6.79. The van der Waals surface area contributed by atoms with Crippen molar-refractivity contribution in [2.45, 2.75) is 38.0 Å². The van der Waals surface area contributed by atoms with Crippen molar-refractivity contribution >= 4 is 38.7 Å². The van der Waals surface area contributed by atoms with Gasteiger partial charge in [-0.1, -0.05) is 31.4 Å². The quantitative estimate of drug-likeness (QED) is 0.264. The van der Waals surface area contributed by atoms with Crippen LogP contribution in [0.1, 0.15) is 49.4 Å². The van der Waals surface area contributed by atoms with Gasteiger partial charge < -0.3 is 4.74 Å². The molecule has 1 aliphatic rings. The van der Waals surface area contributed by atoms with Crippen molar-refractivity contribution in [1.29, 1.82) is 5.26 Å². The van der Waals surface area contributed by atoms with Crippen molar-refractivity contribution in [2.75, 3.05) is 6.61 Å².